The van der Waals surface area contributed by atoms with E-state index in [1.54, 1.807) is 21.3 Å². The molecule has 0 aliphatic heterocycles. The molecular formula is C15H26IN3O2. The number of nitrogens with zero attached hydrogens (tertiary/aromatic N) is 1. The van der Waals surface area contributed by atoms with Crippen molar-refractivity contribution in [2.24, 2.45) is 4.99 Å². The average Bonchev–Trinajstić information content (AvgIpc) is 2.50. The first-order valence-corrected chi connectivity index (χ1v) is 6.86. The molecular weight excluding hydrogens is 381 g/mol. The van der Waals surface area contributed by atoms with Crippen LogP contribution in [0.25, 0.3) is 0 Å². The molecule has 120 valence electrons. The lowest BCUT2D eigenvalue weighted by atomic mass is 10.1. The van der Waals surface area contributed by atoms with Gasteiger partial charge in [0.2, 0.25) is 0 Å². The Morgan fingerprint density at radius 1 is 1.19 bits per heavy atom. The molecule has 0 amide bonds. The molecule has 1 aromatic rings. The molecule has 0 aromatic heterocycles. The van der Waals surface area contributed by atoms with Gasteiger partial charge in [0, 0.05) is 33.9 Å². The molecule has 21 heavy (non-hydrogen) atoms. The van der Waals surface area contributed by atoms with Crippen molar-refractivity contribution in [2.75, 3.05) is 41.0 Å². The van der Waals surface area contributed by atoms with E-state index in [4.69, 9.17) is 9.47 Å². The summed E-state index contributed by atoms with van der Waals surface area (Å²) in [5, 5.41) is 6.54. The lowest BCUT2D eigenvalue weighted by Crippen LogP contribution is -2.39. The number of rotatable bonds is 8. The molecule has 0 unspecified atom stereocenters. The van der Waals surface area contributed by atoms with Gasteiger partial charge in [0.15, 0.2) is 5.96 Å². The third-order valence-corrected chi connectivity index (χ3v) is 2.88. The van der Waals surface area contributed by atoms with Crippen LogP contribution in [0.3, 0.4) is 0 Å². The molecule has 1 aromatic carbocycles. The highest BCUT2D eigenvalue weighted by molar-refractivity contribution is 14.0. The Labute approximate surface area is 144 Å². The molecule has 0 heterocycles. The van der Waals surface area contributed by atoms with Gasteiger partial charge in [-0.25, -0.2) is 0 Å². The highest BCUT2D eigenvalue weighted by Crippen LogP contribution is 2.12. The van der Waals surface area contributed by atoms with Gasteiger partial charge in [0.05, 0.1) is 7.11 Å². The van der Waals surface area contributed by atoms with E-state index < -0.39 is 0 Å². The first-order valence-electron chi connectivity index (χ1n) is 6.86. The summed E-state index contributed by atoms with van der Waals surface area (Å²) < 4.78 is 10.2. The SMILES string of the molecule is CN=C(NCCCOC)NCCc1cccc(OC)c1.I. The zero-order chi connectivity index (χ0) is 14.6. The number of methoxy groups -OCH3 is 2. The fourth-order valence-electron chi connectivity index (χ4n) is 1.80. The predicted octanol–water partition coefficient (Wildman–Crippen LogP) is 2.06. The van der Waals surface area contributed by atoms with Crippen LogP contribution < -0.4 is 15.4 Å². The molecule has 0 spiro atoms. The fraction of sp³-hybridized carbons (Fsp3) is 0.533. The van der Waals surface area contributed by atoms with E-state index in [2.05, 4.69) is 27.8 Å². The van der Waals surface area contributed by atoms with Crippen molar-refractivity contribution >= 4 is 29.9 Å². The first kappa shape index (κ1) is 20.0. The van der Waals surface area contributed by atoms with Crippen molar-refractivity contribution in [3.63, 3.8) is 0 Å². The third-order valence-electron chi connectivity index (χ3n) is 2.88. The number of nitrogens with one attached hydrogen (secondary N) is 2. The minimum Gasteiger partial charge on any atom is -0.497 e. The summed E-state index contributed by atoms with van der Waals surface area (Å²) in [6.45, 7) is 2.44. The second-order valence-electron chi connectivity index (χ2n) is 4.37. The highest BCUT2D eigenvalue weighted by Gasteiger charge is 1.99. The lowest BCUT2D eigenvalue weighted by molar-refractivity contribution is 0.195. The smallest absolute Gasteiger partial charge is 0.190 e. The van der Waals surface area contributed by atoms with E-state index in [0.29, 0.717) is 0 Å². The van der Waals surface area contributed by atoms with Crippen molar-refractivity contribution < 1.29 is 9.47 Å². The number of ether oxygens (including phenoxy) is 2. The summed E-state index contributed by atoms with van der Waals surface area (Å²) in [6, 6.07) is 8.11. The van der Waals surface area contributed by atoms with Crippen LogP contribution >= 0.6 is 24.0 Å². The van der Waals surface area contributed by atoms with Crippen LogP contribution in [0.15, 0.2) is 29.3 Å². The minimum atomic E-state index is 0. The molecule has 2 N–H and O–H groups in total. The van der Waals surface area contributed by atoms with Crippen LogP contribution in [0.2, 0.25) is 0 Å². The van der Waals surface area contributed by atoms with Crippen molar-refractivity contribution in [1.29, 1.82) is 0 Å². The van der Waals surface area contributed by atoms with Crippen molar-refractivity contribution in [3.05, 3.63) is 29.8 Å². The molecule has 1 rings (SSSR count). The van der Waals surface area contributed by atoms with Gasteiger partial charge in [-0.2, -0.15) is 0 Å². The molecule has 0 aliphatic carbocycles. The van der Waals surface area contributed by atoms with Crippen LogP contribution in [-0.4, -0.2) is 46.9 Å². The van der Waals surface area contributed by atoms with E-state index in [-0.39, 0.29) is 24.0 Å². The number of hydrogen-bond acceptors (Lipinski definition) is 3. The summed E-state index contributed by atoms with van der Waals surface area (Å²) in [5.74, 6) is 1.72. The Morgan fingerprint density at radius 3 is 2.62 bits per heavy atom. The van der Waals surface area contributed by atoms with Crippen molar-refractivity contribution in [2.45, 2.75) is 12.8 Å². The van der Waals surface area contributed by atoms with Crippen LogP contribution in [-0.2, 0) is 11.2 Å². The molecule has 0 saturated heterocycles. The van der Waals surface area contributed by atoms with Gasteiger partial charge < -0.3 is 20.1 Å². The normalized spacial score (nSPS) is 10.7. The Bertz CT molecular complexity index is 414. The van der Waals surface area contributed by atoms with E-state index in [9.17, 15) is 0 Å². The summed E-state index contributed by atoms with van der Waals surface area (Å²) in [4.78, 5) is 4.18. The van der Waals surface area contributed by atoms with Crippen LogP contribution in [0.1, 0.15) is 12.0 Å². The van der Waals surface area contributed by atoms with E-state index >= 15 is 0 Å². The number of aliphatic imine (C=N–C) groups is 1. The summed E-state index contributed by atoms with van der Waals surface area (Å²) in [5.41, 5.74) is 1.24. The molecule has 0 saturated carbocycles. The van der Waals surface area contributed by atoms with Crippen LogP contribution in [0.5, 0.6) is 5.75 Å². The Kier molecular flexibility index (Phi) is 12.1. The molecule has 0 fully saturated rings. The number of benzene rings is 1. The van der Waals surface area contributed by atoms with Crippen LogP contribution in [0.4, 0.5) is 0 Å². The largest absolute Gasteiger partial charge is 0.497 e. The summed E-state index contributed by atoms with van der Waals surface area (Å²) in [7, 11) is 5.17. The first-order chi connectivity index (χ1) is 9.80. The average molecular weight is 407 g/mol. The molecule has 0 bridgehead atoms. The third kappa shape index (κ3) is 8.77. The summed E-state index contributed by atoms with van der Waals surface area (Å²) >= 11 is 0. The Balaban J connectivity index is 0.00000400. The zero-order valence-corrected chi connectivity index (χ0v) is 15.3. The van der Waals surface area contributed by atoms with Crippen molar-refractivity contribution in [3.8, 4) is 5.75 Å². The maximum atomic E-state index is 5.21. The lowest BCUT2D eigenvalue weighted by Gasteiger charge is -2.12. The van der Waals surface area contributed by atoms with Gasteiger partial charge in [-0.05, 0) is 30.5 Å². The minimum absolute atomic E-state index is 0. The molecule has 5 nitrogen and oxygen atoms in total. The maximum Gasteiger partial charge on any atom is 0.190 e. The number of halogens is 1. The van der Waals surface area contributed by atoms with Gasteiger partial charge in [-0.15, -0.1) is 24.0 Å². The van der Waals surface area contributed by atoms with E-state index in [1.165, 1.54) is 5.56 Å². The Hall–Kier alpha value is -1.02. The van der Waals surface area contributed by atoms with Gasteiger partial charge in [-0.3, -0.25) is 4.99 Å². The highest BCUT2D eigenvalue weighted by atomic mass is 127. The second kappa shape index (κ2) is 12.7. The van der Waals surface area contributed by atoms with Gasteiger partial charge in [-0.1, -0.05) is 12.1 Å². The number of hydrogen-bond donors (Lipinski definition) is 2. The van der Waals surface area contributed by atoms with E-state index in [0.717, 1.165) is 44.2 Å². The standard InChI is InChI=1S/C15H25N3O2.HI/c1-16-15(17-9-5-11-19-2)18-10-8-13-6-4-7-14(12-13)20-3;/h4,6-7,12H,5,8-11H2,1-3H3,(H2,16,17,18);1H. The quantitative estimate of drug-likeness (QED) is 0.300. The summed E-state index contributed by atoms with van der Waals surface area (Å²) in [6.07, 6.45) is 1.89. The van der Waals surface area contributed by atoms with Crippen LogP contribution in [0, 0.1) is 0 Å². The Morgan fingerprint density at radius 2 is 1.95 bits per heavy atom. The molecule has 0 aliphatic rings. The van der Waals surface area contributed by atoms with Crippen molar-refractivity contribution in [1.82, 2.24) is 10.6 Å². The zero-order valence-electron chi connectivity index (χ0n) is 13.0. The van der Waals surface area contributed by atoms with Gasteiger partial charge >= 0.3 is 0 Å². The second-order valence-corrected chi connectivity index (χ2v) is 4.37. The molecule has 6 heteroatoms. The molecule has 0 radical (unpaired) electrons. The van der Waals surface area contributed by atoms with Gasteiger partial charge in [0.1, 0.15) is 5.75 Å². The maximum absolute atomic E-state index is 5.21. The monoisotopic (exact) mass is 407 g/mol. The topological polar surface area (TPSA) is 54.9 Å². The molecule has 0 atom stereocenters. The number of guanidine groups is 1. The van der Waals surface area contributed by atoms with Gasteiger partial charge in [0.25, 0.3) is 0 Å². The predicted molar refractivity (Wildman–Crippen MR) is 98.0 cm³/mol. The van der Waals surface area contributed by atoms with E-state index in [1.807, 2.05) is 12.1 Å². The fourth-order valence-corrected chi connectivity index (χ4v) is 1.80.